The lowest BCUT2D eigenvalue weighted by molar-refractivity contribution is -0.139. The number of rotatable bonds is 10. The Hall–Kier alpha value is -2.36. The van der Waals surface area contributed by atoms with Crippen LogP contribution in [-0.4, -0.2) is 50.5 Å². The van der Waals surface area contributed by atoms with Crippen LogP contribution in [0.1, 0.15) is 25.8 Å². The number of sulfonamides is 1. The summed E-state index contributed by atoms with van der Waals surface area (Å²) in [5, 5.41) is 3.01. The molecule has 0 aliphatic carbocycles. The van der Waals surface area contributed by atoms with Crippen LogP contribution in [0.5, 0.6) is 0 Å². The van der Waals surface area contributed by atoms with Crippen LogP contribution in [-0.2, 0) is 26.2 Å². The zero-order valence-electron chi connectivity index (χ0n) is 18.5. The first-order valence-corrected chi connectivity index (χ1v) is 12.8. The van der Waals surface area contributed by atoms with E-state index in [2.05, 4.69) is 5.32 Å². The summed E-state index contributed by atoms with van der Waals surface area (Å²) < 4.78 is 40.2. The molecule has 0 saturated heterocycles. The summed E-state index contributed by atoms with van der Waals surface area (Å²) in [5.41, 5.74) is 0.210. The van der Waals surface area contributed by atoms with Crippen LogP contribution in [0.15, 0.2) is 42.5 Å². The average Bonchev–Trinajstić information content (AvgIpc) is 2.75. The van der Waals surface area contributed by atoms with Gasteiger partial charge in [0.1, 0.15) is 18.4 Å². The second kappa shape index (κ2) is 11.7. The van der Waals surface area contributed by atoms with Gasteiger partial charge in [-0.1, -0.05) is 48.3 Å². The van der Waals surface area contributed by atoms with E-state index in [9.17, 15) is 22.4 Å². The summed E-state index contributed by atoms with van der Waals surface area (Å²) in [6, 6.07) is 9.10. The number of carbonyl (C=O) groups excluding carboxylic acids is 2. The van der Waals surface area contributed by atoms with E-state index >= 15 is 0 Å². The summed E-state index contributed by atoms with van der Waals surface area (Å²) in [4.78, 5) is 27.1. The first-order valence-electron chi connectivity index (χ1n) is 10.2. The van der Waals surface area contributed by atoms with Crippen LogP contribution in [0, 0.1) is 5.82 Å². The van der Waals surface area contributed by atoms with Gasteiger partial charge < -0.3 is 10.2 Å². The largest absolute Gasteiger partial charge is 0.354 e. The van der Waals surface area contributed by atoms with Crippen LogP contribution in [0.4, 0.5) is 10.1 Å². The number of amides is 2. The molecule has 0 bridgehead atoms. The van der Waals surface area contributed by atoms with Gasteiger partial charge in [0, 0.05) is 23.7 Å². The van der Waals surface area contributed by atoms with E-state index < -0.39 is 40.2 Å². The molecular weight excluding hydrogens is 492 g/mol. The molecule has 11 heteroatoms. The van der Waals surface area contributed by atoms with Crippen LogP contribution >= 0.6 is 23.2 Å². The van der Waals surface area contributed by atoms with Crippen molar-refractivity contribution in [1.29, 1.82) is 0 Å². The van der Waals surface area contributed by atoms with E-state index in [1.54, 1.807) is 6.07 Å². The molecule has 7 nitrogen and oxygen atoms in total. The molecule has 0 aliphatic heterocycles. The highest BCUT2D eigenvalue weighted by Crippen LogP contribution is 2.31. The summed E-state index contributed by atoms with van der Waals surface area (Å²) >= 11 is 12.2. The SMILES string of the molecule is CCCNC(=O)C(C)N(Cc1ccccc1F)C(=O)CN(c1cc(Cl)ccc1Cl)S(C)(=O)=O. The van der Waals surface area contributed by atoms with E-state index in [4.69, 9.17) is 23.2 Å². The van der Waals surface area contributed by atoms with Crippen molar-refractivity contribution < 1.29 is 22.4 Å². The lowest BCUT2D eigenvalue weighted by atomic mass is 10.1. The number of hydrogen-bond acceptors (Lipinski definition) is 4. The van der Waals surface area contributed by atoms with Crippen molar-refractivity contribution >= 4 is 50.7 Å². The summed E-state index contributed by atoms with van der Waals surface area (Å²) in [5.74, 6) is -1.69. The molecule has 0 fully saturated rings. The van der Waals surface area contributed by atoms with Gasteiger partial charge in [0.15, 0.2) is 0 Å². The normalized spacial score (nSPS) is 12.2. The molecule has 0 aromatic heterocycles. The minimum absolute atomic E-state index is 0.0222. The summed E-state index contributed by atoms with van der Waals surface area (Å²) in [7, 11) is -3.96. The maximum Gasteiger partial charge on any atom is 0.244 e. The zero-order valence-corrected chi connectivity index (χ0v) is 20.8. The molecule has 0 saturated carbocycles. The number of halogens is 3. The Bertz CT molecular complexity index is 1110. The van der Waals surface area contributed by atoms with Gasteiger partial charge in [-0.15, -0.1) is 0 Å². The molecule has 0 heterocycles. The smallest absolute Gasteiger partial charge is 0.244 e. The Kier molecular flexibility index (Phi) is 9.51. The van der Waals surface area contributed by atoms with Crippen molar-refractivity contribution in [3.8, 4) is 0 Å². The van der Waals surface area contributed by atoms with Gasteiger partial charge in [0.25, 0.3) is 0 Å². The predicted octanol–water partition coefficient (Wildman–Crippen LogP) is 3.84. The van der Waals surface area contributed by atoms with E-state index in [0.717, 1.165) is 15.5 Å². The van der Waals surface area contributed by atoms with Gasteiger partial charge in [-0.25, -0.2) is 12.8 Å². The molecule has 2 amide bonds. The van der Waals surface area contributed by atoms with Crippen LogP contribution in [0.2, 0.25) is 10.0 Å². The van der Waals surface area contributed by atoms with Crippen molar-refractivity contribution in [1.82, 2.24) is 10.2 Å². The molecule has 2 aromatic rings. The van der Waals surface area contributed by atoms with E-state index in [0.29, 0.717) is 13.0 Å². The quantitative estimate of drug-likeness (QED) is 0.518. The van der Waals surface area contributed by atoms with E-state index in [1.165, 1.54) is 43.3 Å². The first kappa shape index (κ1) is 26.9. The fourth-order valence-corrected chi connectivity index (χ4v) is 4.35. The van der Waals surface area contributed by atoms with Gasteiger partial charge in [0.05, 0.1) is 17.0 Å². The standard InChI is InChI=1S/C22H26Cl2FN3O4S/c1-4-11-26-22(30)15(2)27(13-16-7-5-6-8-19(16)25)21(29)14-28(33(3,31)32)20-12-17(23)9-10-18(20)24/h5-10,12,15H,4,11,13-14H2,1-3H3,(H,26,30). The molecular formula is C22H26Cl2FN3O4S. The molecule has 180 valence electrons. The minimum atomic E-state index is -3.96. The van der Waals surface area contributed by atoms with Crippen molar-refractivity contribution in [3.63, 3.8) is 0 Å². The van der Waals surface area contributed by atoms with Crippen molar-refractivity contribution in [2.75, 3.05) is 23.7 Å². The molecule has 1 N–H and O–H groups in total. The minimum Gasteiger partial charge on any atom is -0.354 e. The lowest BCUT2D eigenvalue weighted by Gasteiger charge is -2.31. The highest BCUT2D eigenvalue weighted by Gasteiger charge is 2.31. The van der Waals surface area contributed by atoms with Gasteiger partial charge in [-0.3, -0.25) is 13.9 Å². The fraction of sp³-hybridized carbons (Fsp3) is 0.364. The lowest BCUT2D eigenvalue weighted by Crippen LogP contribution is -2.51. The van der Waals surface area contributed by atoms with Gasteiger partial charge in [-0.05, 0) is 37.6 Å². The van der Waals surface area contributed by atoms with E-state index in [1.807, 2.05) is 6.92 Å². The van der Waals surface area contributed by atoms with Gasteiger partial charge in [-0.2, -0.15) is 0 Å². The third-order valence-electron chi connectivity index (χ3n) is 4.87. The Morgan fingerprint density at radius 1 is 1.15 bits per heavy atom. The number of benzene rings is 2. The van der Waals surface area contributed by atoms with Gasteiger partial charge in [0.2, 0.25) is 21.8 Å². The molecule has 0 spiro atoms. The Balaban J connectivity index is 2.43. The van der Waals surface area contributed by atoms with Crippen molar-refractivity contribution in [2.45, 2.75) is 32.9 Å². The van der Waals surface area contributed by atoms with Crippen molar-refractivity contribution in [2.24, 2.45) is 0 Å². The zero-order chi connectivity index (χ0) is 24.8. The summed E-state index contributed by atoms with van der Waals surface area (Å²) in [6.45, 7) is 2.90. The average molecular weight is 518 g/mol. The highest BCUT2D eigenvalue weighted by molar-refractivity contribution is 7.92. The second-order valence-electron chi connectivity index (χ2n) is 7.45. The van der Waals surface area contributed by atoms with Gasteiger partial charge >= 0.3 is 0 Å². The summed E-state index contributed by atoms with van der Waals surface area (Å²) in [6.07, 6.45) is 1.62. The second-order valence-corrected chi connectivity index (χ2v) is 10.2. The van der Waals surface area contributed by atoms with Crippen LogP contribution in [0.3, 0.4) is 0 Å². The number of nitrogens with one attached hydrogen (secondary N) is 1. The Morgan fingerprint density at radius 3 is 2.42 bits per heavy atom. The molecule has 2 rings (SSSR count). The van der Waals surface area contributed by atoms with Crippen LogP contribution < -0.4 is 9.62 Å². The topological polar surface area (TPSA) is 86.8 Å². The number of nitrogens with zero attached hydrogens (tertiary/aromatic N) is 2. The maximum atomic E-state index is 14.3. The molecule has 2 aromatic carbocycles. The molecule has 0 aliphatic rings. The fourth-order valence-electron chi connectivity index (χ4n) is 3.06. The number of anilines is 1. The van der Waals surface area contributed by atoms with Crippen molar-refractivity contribution in [3.05, 3.63) is 63.9 Å². The maximum absolute atomic E-state index is 14.3. The molecule has 0 radical (unpaired) electrons. The Labute approximate surface area is 203 Å². The highest BCUT2D eigenvalue weighted by atomic mass is 35.5. The first-order chi connectivity index (χ1) is 15.5. The molecule has 33 heavy (non-hydrogen) atoms. The van der Waals surface area contributed by atoms with Crippen LogP contribution in [0.25, 0.3) is 0 Å². The molecule has 1 atom stereocenters. The number of carbonyl (C=O) groups is 2. The predicted molar refractivity (Wildman–Crippen MR) is 128 cm³/mol. The monoisotopic (exact) mass is 517 g/mol. The van der Waals surface area contributed by atoms with E-state index in [-0.39, 0.29) is 27.8 Å². The third kappa shape index (κ3) is 7.31. The number of hydrogen-bond donors (Lipinski definition) is 1. The molecule has 1 unspecified atom stereocenters. The third-order valence-corrected chi connectivity index (χ3v) is 6.55. The Morgan fingerprint density at radius 2 is 1.82 bits per heavy atom.